The zero-order chi connectivity index (χ0) is 16.5. The van der Waals surface area contributed by atoms with E-state index in [1.807, 2.05) is 0 Å². The van der Waals surface area contributed by atoms with E-state index in [9.17, 15) is 27.2 Å². The smallest absolute Gasteiger partial charge is 0.416 e. The van der Waals surface area contributed by atoms with E-state index in [0.29, 0.717) is 18.9 Å². The van der Waals surface area contributed by atoms with Crippen molar-refractivity contribution in [3.8, 4) is 0 Å². The summed E-state index contributed by atoms with van der Waals surface area (Å²) >= 11 is 0. The zero-order valence-electron chi connectivity index (χ0n) is 11.4. The molecule has 0 bridgehead atoms. The van der Waals surface area contributed by atoms with Crippen LogP contribution >= 0.6 is 0 Å². The average molecular weight is 319 g/mol. The van der Waals surface area contributed by atoms with Crippen LogP contribution in [0, 0.1) is 5.82 Å². The number of hydrogen-bond donors (Lipinski definition) is 1. The molecule has 120 valence electrons. The van der Waals surface area contributed by atoms with Crippen molar-refractivity contribution < 1.29 is 32.3 Å². The summed E-state index contributed by atoms with van der Waals surface area (Å²) < 4.78 is 51.3. The number of amides is 1. The largest absolute Gasteiger partial charge is 0.480 e. The topological polar surface area (TPSA) is 57.6 Å². The fourth-order valence-corrected chi connectivity index (χ4v) is 2.45. The maximum Gasteiger partial charge on any atom is 0.416 e. The van der Waals surface area contributed by atoms with Crippen LogP contribution in [0.4, 0.5) is 17.6 Å². The summed E-state index contributed by atoms with van der Waals surface area (Å²) in [5.74, 6) is -3.42. The van der Waals surface area contributed by atoms with Gasteiger partial charge in [-0.05, 0) is 37.5 Å². The Morgan fingerprint density at radius 1 is 1.23 bits per heavy atom. The molecular weight excluding hydrogens is 306 g/mol. The molecule has 1 aromatic rings. The molecule has 22 heavy (non-hydrogen) atoms. The standard InChI is InChI=1S/C14H13F4NO3/c15-10-7-8(14(16,17)18)4-5-9(10)12(20)19-6-2-1-3-11(19)13(21)22/h4-5,7,11H,1-3,6H2,(H,21,22). The van der Waals surface area contributed by atoms with Crippen molar-refractivity contribution in [2.45, 2.75) is 31.5 Å². The lowest BCUT2D eigenvalue weighted by molar-refractivity contribution is -0.143. The molecule has 0 aliphatic carbocycles. The molecule has 1 aliphatic rings. The van der Waals surface area contributed by atoms with E-state index >= 15 is 0 Å². The van der Waals surface area contributed by atoms with Crippen molar-refractivity contribution in [2.24, 2.45) is 0 Å². The first kappa shape index (κ1) is 16.3. The summed E-state index contributed by atoms with van der Waals surface area (Å²) in [6, 6.07) is 0.514. The van der Waals surface area contributed by atoms with Crippen LogP contribution < -0.4 is 0 Å². The second kappa shape index (κ2) is 5.94. The molecular formula is C14H13F4NO3. The predicted molar refractivity (Wildman–Crippen MR) is 67.7 cm³/mol. The minimum Gasteiger partial charge on any atom is -0.480 e. The number of aliphatic carboxylic acids is 1. The molecule has 0 saturated carbocycles. The molecule has 4 nitrogen and oxygen atoms in total. The Labute approximate surface area is 123 Å². The highest BCUT2D eigenvalue weighted by atomic mass is 19.4. The lowest BCUT2D eigenvalue weighted by atomic mass is 10.0. The number of alkyl halides is 3. The number of benzene rings is 1. The zero-order valence-corrected chi connectivity index (χ0v) is 11.4. The van der Waals surface area contributed by atoms with Crippen LogP contribution in [0.5, 0.6) is 0 Å². The fraction of sp³-hybridized carbons (Fsp3) is 0.429. The summed E-state index contributed by atoms with van der Waals surface area (Å²) in [6.07, 6.45) is -3.28. The predicted octanol–water partition coefficient (Wildman–Crippen LogP) is 2.92. The summed E-state index contributed by atoms with van der Waals surface area (Å²) in [4.78, 5) is 24.4. The van der Waals surface area contributed by atoms with E-state index in [4.69, 9.17) is 5.11 Å². The molecule has 1 N–H and O–H groups in total. The van der Waals surface area contributed by atoms with Crippen LogP contribution in [0.1, 0.15) is 35.2 Å². The molecule has 1 saturated heterocycles. The quantitative estimate of drug-likeness (QED) is 0.853. The van der Waals surface area contributed by atoms with Crippen molar-refractivity contribution in [1.29, 1.82) is 0 Å². The number of piperidine rings is 1. The molecule has 0 spiro atoms. The van der Waals surface area contributed by atoms with E-state index in [1.54, 1.807) is 0 Å². The molecule has 1 amide bonds. The van der Waals surface area contributed by atoms with Crippen molar-refractivity contribution in [3.63, 3.8) is 0 Å². The second-order valence-electron chi connectivity index (χ2n) is 5.04. The highest BCUT2D eigenvalue weighted by Gasteiger charge is 2.35. The third kappa shape index (κ3) is 3.20. The molecule has 1 aliphatic heterocycles. The van der Waals surface area contributed by atoms with Crippen LogP contribution in [-0.4, -0.2) is 34.5 Å². The van der Waals surface area contributed by atoms with E-state index in [0.717, 1.165) is 11.0 Å². The number of carboxylic acids is 1. The van der Waals surface area contributed by atoms with Gasteiger partial charge in [-0.15, -0.1) is 0 Å². The fourth-order valence-electron chi connectivity index (χ4n) is 2.45. The number of carbonyl (C=O) groups excluding carboxylic acids is 1. The Bertz CT molecular complexity index is 600. The Morgan fingerprint density at radius 2 is 1.91 bits per heavy atom. The van der Waals surface area contributed by atoms with Crippen LogP contribution in [-0.2, 0) is 11.0 Å². The Kier molecular flexibility index (Phi) is 4.39. The van der Waals surface area contributed by atoms with Crippen LogP contribution in [0.3, 0.4) is 0 Å². The highest BCUT2D eigenvalue weighted by Crippen LogP contribution is 2.31. The van der Waals surface area contributed by atoms with Gasteiger partial charge in [0.2, 0.25) is 0 Å². The number of hydrogen-bond acceptors (Lipinski definition) is 2. The number of halogens is 4. The van der Waals surface area contributed by atoms with E-state index < -0.39 is 41.0 Å². The molecule has 1 aromatic carbocycles. The number of carboxylic acid groups (broad SMARTS) is 1. The summed E-state index contributed by atoms with van der Waals surface area (Å²) in [6.45, 7) is 0.135. The van der Waals surface area contributed by atoms with Gasteiger partial charge in [-0.3, -0.25) is 4.79 Å². The van der Waals surface area contributed by atoms with Gasteiger partial charge in [-0.1, -0.05) is 0 Å². The van der Waals surface area contributed by atoms with Gasteiger partial charge >= 0.3 is 12.1 Å². The van der Waals surface area contributed by atoms with Crippen molar-refractivity contribution in [1.82, 2.24) is 4.90 Å². The number of likely N-dealkylation sites (tertiary alicyclic amines) is 1. The molecule has 1 heterocycles. The number of carbonyl (C=O) groups is 2. The van der Waals surface area contributed by atoms with Gasteiger partial charge in [0.05, 0.1) is 11.1 Å². The first-order chi connectivity index (χ1) is 10.2. The first-order valence-electron chi connectivity index (χ1n) is 6.62. The Hall–Kier alpha value is -2.12. The number of rotatable bonds is 2. The van der Waals surface area contributed by atoms with Crippen molar-refractivity contribution in [3.05, 3.63) is 35.1 Å². The number of nitrogens with zero attached hydrogens (tertiary/aromatic N) is 1. The van der Waals surface area contributed by atoms with Gasteiger partial charge in [-0.2, -0.15) is 13.2 Å². The monoisotopic (exact) mass is 319 g/mol. The lowest BCUT2D eigenvalue weighted by Crippen LogP contribution is -2.48. The van der Waals surface area contributed by atoms with E-state index in [1.165, 1.54) is 0 Å². The van der Waals surface area contributed by atoms with Gasteiger partial charge < -0.3 is 10.0 Å². The summed E-state index contributed by atoms with van der Waals surface area (Å²) in [5.41, 5.74) is -1.75. The molecule has 1 unspecified atom stereocenters. The molecule has 2 rings (SSSR count). The molecule has 0 radical (unpaired) electrons. The van der Waals surface area contributed by atoms with Gasteiger partial charge in [0, 0.05) is 6.54 Å². The lowest BCUT2D eigenvalue weighted by Gasteiger charge is -2.33. The first-order valence-corrected chi connectivity index (χ1v) is 6.62. The van der Waals surface area contributed by atoms with E-state index in [-0.39, 0.29) is 19.0 Å². The van der Waals surface area contributed by atoms with Gasteiger partial charge in [0.15, 0.2) is 0 Å². The normalized spacial score (nSPS) is 19.1. The Balaban J connectivity index is 2.31. The summed E-state index contributed by atoms with van der Waals surface area (Å²) in [5, 5.41) is 9.09. The van der Waals surface area contributed by atoms with Crippen molar-refractivity contribution in [2.75, 3.05) is 6.54 Å². The average Bonchev–Trinajstić information content (AvgIpc) is 2.45. The van der Waals surface area contributed by atoms with Crippen LogP contribution in [0.25, 0.3) is 0 Å². The Morgan fingerprint density at radius 3 is 2.45 bits per heavy atom. The second-order valence-corrected chi connectivity index (χ2v) is 5.04. The minimum absolute atomic E-state index is 0.135. The maximum atomic E-state index is 13.8. The van der Waals surface area contributed by atoms with Gasteiger partial charge in [-0.25, -0.2) is 9.18 Å². The molecule has 1 atom stereocenters. The van der Waals surface area contributed by atoms with Crippen molar-refractivity contribution >= 4 is 11.9 Å². The minimum atomic E-state index is -4.71. The molecule has 8 heteroatoms. The molecule has 0 aromatic heterocycles. The SMILES string of the molecule is O=C(O)C1CCCCN1C(=O)c1ccc(C(F)(F)F)cc1F. The summed E-state index contributed by atoms with van der Waals surface area (Å²) in [7, 11) is 0. The third-order valence-electron chi connectivity index (χ3n) is 3.58. The molecule has 1 fully saturated rings. The maximum absolute atomic E-state index is 13.8. The van der Waals surface area contributed by atoms with E-state index in [2.05, 4.69) is 0 Å². The van der Waals surface area contributed by atoms with Gasteiger partial charge in [0.25, 0.3) is 5.91 Å². The third-order valence-corrected chi connectivity index (χ3v) is 3.58. The van der Waals surface area contributed by atoms with Crippen LogP contribution in [0.2, 0.25) is 0 Å². The van der Waals surface area contributed by atoms with Gasteiger partial charge in [0.1, 0.15) is 11.9 Å². The van der Waals surface area contributed by atoms with Crippen LogP contribution in [0.15, 0.2) is 18.2 Å². The highest BCUT2D eigenvalue weighted by molar-refractivity contribution is 5.97.